The lowest BCUT2D eigenvalue weighted by molar-refractivity contribution is -0.119. The van der Waals surface area contributed by atoms with E-state index in [1.54, 1.807) is 36.5 Å². The van der Waals surface area contributed by atoms with Gasteiger partial charge in [-0.05, 0) is 73.2 Å². The number of carbonyl (C=O) groups is 1. The number of carbonyl (C=O) groups excluding carboxylic acids is 1. The van der Waals surface area contributed by atoms with Crippen molar-refractivity contribution in [2.75, 3.05) is 10.8 Å². The van der Waals surface area contributed by atoms with Gasteiger partial charge in [0.25, 0.3) is 15.9 Å². The summed E-state index contributed by atoms with van der Waals surface area (Å²) < 4.78 is 28.1. The van der Waals surface area contributed by atoms with Crippen LogP contribution in [0.5, 0.6) is 0 Å². The van der Waals surface area contributed by atoms with Crippen molar-refractivity contribution in [2.45, 2.75) is 39.0 Å². The van der Waals surface area contributed by atoms with Gasteiger partial charge in [-0.3, -0.25) is 9.10 Å². The van der Waals surface area contributed by atoms with E-state index in [9.17, 15) is 13.2 Å². The number of amides is 1. The Kier molecular flexibility index (Phi) is 7.66. The Labute approximate surface area is 196 Å². The van der Waals surface area contributed by atoms with Crippen LogP contribution in [0.2, 0.25) is 0 Å². The Balaban J connectivity index is 1.88. The summed E-state index contributed by atoms with van der Waals surface area (Å²) in [5, 5.41) is 4.07. The normalized spacial score (nSPS) is 11.5. The first kappa shape index (κ1) is 24.2. The van der Waals surface area contributed by atoms with Crippen molar-refractivity contribution in [2.24, 2.45) is 5.10 Å². The zero-order chi connectivity index (χ0) is 24.0. The van der Waals surface area contributed by atoms with Gasteiger partial charge in [0.05, 0.1) is 16.8 Å². The Morgan fingerprint density at radius 1 is 0.939 bits per heavy atom. The van der Waals surface area contributed by atoms with Crippen molar-refractivity contribution >= 4 is 27.8 Å². The summed E-state index contributed by atoms with van der Waals surface area (Å²) in [5.41, 5.74) is 8.12. The molecule has 0 spiro atoms. The average molecular weight is 464 g/mol. The van der Waals surface area contributed by atoms with E-state index in [1.165, 1.54) is 23.3 Å². The quantitative estimate of drug-likeness (QED) is 0.394. The van der Waals surface area contributed by atoms with Crippen molar-refractivity contribution in [3.8, 4) is 0 Å². The molecular weight excluding hydrogens is 434 g/mol. The number of nitrogens with one attached hydrogen (secondary N) is 1. The minimum absolute atomic E-state index is 0.123. The summed E-state index contributed by atoms with van der Waals surface area (Å²) in [7, 11) is -3.96. The van der Waals surface area contributed by atoms with Crippen LogP contribution in [0.15, 0.2) is 76.7 Å². The fourth-order valence-corrected chi connectivity index (χ4v) is 5.01. The number of para-hydroxylation sites is 1. The van der Waals surface area contributed by atoms with Gasteiger partial charge in [-0.2, -0.15) is 5.10 Å². The van der Waals surface area contributed by atoms with Crippen molar-refractivity contribution < 1.29 is 13.2 Å². The van der Waals surface area contributed by atoms with Crippen LogP contribution in [0.25, 0.3) is 0 Å². The maximum atomic E-state index is 13.5. The highest BCUT2D eigenvalue weighted by atomic mass is 32.2. The van der Waals surface area contributed by atoms with Crippen LogP contribution in [0.1, 0.15) is 34.7 Å². The number of anilines is 1. The Bertz CT molecular complexity index is 1270. The zero-order valence-electron chi connectivity index (χ0n) is 19.4. The van der Waals surface area contributed by atoms with Gasteiger partial charge < -0.3 is 0 Å². The second-order valence-corrected chi connectivity index (χ2v) is 9.68. The molecule has 1 N–H and O–H groups in total. The third kappa shape index (κ3) is 5.49. The van der Waals surface area contributed by atoms with Crippen LogP contribution in [0.3, 0.4) is 0 Å². The summed E-state index contributed by atoms with van der Waals surface area (Å²) in [6, 6.07) is 19.3. The van der Waals surface area contributed by atoms with E-state index >= 15 is 0 Å². The molecule has 6 nitrogen and oxygen atoms in total. The van der Waals surface area contributed by atoms with Crippen molar-refractivity contribution in [1.29, 1.82) is 0 Å². The zero-order valence-corrected chi connectivity index (χ0v) is 20.2. The van der Waals surface area contributed by atoms with Crippen molar-refractivity contribution in [3.63, 3.8) is 0 Å². The first-order valence-corrected chi connectivity index (χ1v) is 12.2. The molecule has 1 amide bonds. The number of benzene rings is 3. The predicted molar refractivity (Wildman–Crippen MR) is 133 cm³/mol. The molecule has 0 saturated carbocycles. The van der Waals surface area contributed by atoms with Gasteiger partial charge in [0.2, 0.25) is 0 Å². The lowest BCUT2D eigenvalue weighted by Crippen LogP contribution is -2.40. The summed E-state index contributed by atoms with van der Waals surface area (Å²) in [6.45, 7) is 7.64. The van der Waals surface area contributed by atoms with E-state index in [4.69, 9.17) is 0 Å². The maximum absolute atomic E-state index is 13.5. The molecule has 33 heavy (non-hydrogen) atoms. The van der Waals surface area contributed by atoms with Crippen molar-refractivity contribution in [3.05, 3.63) is 94.5 Å². The van der Waals surface area contributed by atoms with E-state index in [-0.39, 0.29) is 4.90 Å². The Morgan fingerprint density at radius 2 is 1.61 bits per heavy atom. The molecule has 0 aromatic heterocycles. The van der Waals surface area contributed by atoms with E-state index in [0.29, 0.717) is 12.1 Å². The van der Waals surface area contributed by atoms with Gasteiger partial charge in [0, 0.05) is 0 Å². The fourth-order valence-electron chi connectivity index (χ4n) is 3.53. The molecule has 0 radical (unpaired) electrons. The molecule has 172 valence electrons. The molecule has 0 atom stereocenters. The molecule has 7 heteroatoms. The summed E-state index contributed by atoms with van der Waals surface area (Å²) in [6.07, 6.45) is 2.21. The Morgan fingerprint density at radius 3 is 2.30 bits per heavy atom. The minimum atomic E-state index is -3.96. The number of hydrogen-bond acceptors (Lipinski definition) is 4. The van der Waals surface area contributed by atoms with Crippen LogP contribution in [-0.2, 0) is 21.2 Å². The predicted octanol–water partition coefficient (Wildman–Crippen LogP) is 4.52. The average Bonchev–Trinajstić information content (AvgIpc) is 2.83. The minimum Gasteiger partial charge on any atom is -0.271 e. The van der Waals surface area contributed by atoms with Crippen LogP contribution in [0, 0.1) is 20.8 Å². The number of hydrazone groups is 1. The molecule has 3 rings (SSSR count). The second kappa shape index (κ2) is 10.4. The van der Waals surface area contributed by atoms with Crippen LogP contribution < -0.4 is 9.73 Å². The van der Waals surface area contributed by atoms with Crippen LogP contribution in [-0.4, -0.2) is 27.1 Å². The standard InChI is InChI=1S/C26H29N3O3S/c1-5-22-11-9-10-14-25(22)29(33(31,32)24-12-7-6-8-13-24)18-26(30)28-27-17-23-16-15-19(2)20(3)21(23)4/h6-17H,5,18H2,1-4H3,(H,28,30)/b27-17-. The number of hydrogen-bond donors (Lipinski definition) is 1. The Hall–Kier alpha value is -3.45. The van der Waals surface area contributed by atoms with Gasteiger partial charge in [-0.25, -0.2) is 13.8 Å². The monoisotopic (exact) mass is 463 g/mol. The third-order valence-electron chi connectivity index (χ3n) is 5.75. The molecule has 0 saturated heterocycles. The second-order valence-electron chi connectivity index (χ2n) is 7.82. The number of aryl methyl sites for hydroxylation is 2. The molecule has 0 heterocycles. The highest BCUT2D eigenvalue weighted by Gasteiger charge is 2.28. The molecule has 0 aliphatic carbocycles. The molecule has 0 aliphatic heterocycles. The summed E-state index contributed by atoms with van der Waals surface area (Å²) in [5.74, 6) is -0.529. The lowest BCUT2D eigenvalue weighted by atomic mass is 10.00. The molecule has 0 bridgehead atoms. The van der Waals surface area contributed by atoms with E-state index in [2.05, 4.69) is 10.5 Å². The van der Waals surface area contributed by atoms with Crippen molar-refractivity contribution in [1.82, 2.24) is 5.43 Å². The molecule has 0 fully saturated rings. The lowest BCUT2D eigenvalue weighted by Gasteiger charge is -2.25. The highest BCUT2D eigenvalue weighted by Crippen LogP contribution is 2.27. The topological polar surface area (TPSA) is 78.8 Å². The van der Waals surface area contributed by atoms with E-state index in [0.717, 1.165) is 21.0 Å². The van der Waals surface area contributed by atoms with Gasteiger partial charge in [0.15, 0.2) is 0 Å². The smallest absolute Gasteiger partial charge is 0.264 e. The first-order chi connectivity index (χ1) is 15.8. The SMILES string of the molecule is CCc1ccccc1N(CC(=O)N/N=C\c1ccc(C)c(C)c1C)S(=O)(=O)c1ccccc1. The van der Waals surface area contributed by atoms with Crippen LogP contribution in [0.4, 0.5) is 5.69 Å². The number of nitrogens with zero attached hydrogens (tertiary/aromatic N) is 2. The van der Waals surface area contributed by atoms with Gasteiger partial charge in [-0.15, -0.1) is 0 Å². The molecule has 0 unspecified atom stereocenters. The molecule has 3 aromatic rings. The highest BCUT2D eigenvalue weighted by molar-refractivity contribution is 7.92. The van der Waals surface area contributed by atoms with E-state index in [1.807, 2.05) is 52.0 Å². The summed E-state index contributed by atoms with van der Waals surface area (Å²) >= 11 is 0. The third-order valence-corrected chi connectivity index (χ3v) is 7.53. The first-order valence-electron chi connectivity index (χ1n) is 10.8. The van der Waals surface area contributed by atoms with Gasteiger partial charge >= 0.3 is 0 Å². The fraction of sp³-hybridized carbons (Fsp3) is 0.231. The summed E-state index contributed by atoms with van der Waals surface area (Å²) in [4.78, 5) is 12.9. The molecule has 3 aromatic carbocycles. The van der Waals surface area contributed by atoms with E-state index < -0.39 is 22.5 Å². The molecular formula is C26H29N3O3S. The largest absolute Gasteiger partial charge is 0.271 e. The number of rotatable bonds is 8. The van der Waals surface area contributed by atoms with Gasteiger partial charge in [-0.1, -0.05) is 55.5 Å². The number of sulfonamides is 1. The van der Waals surface area contributed by atoms with Crippen LogP contribution >= 0.6 is 0 Å². The maximum Gasteiger partial charge on any atom is 0.264 e. The van der Waals surface area contributed by atoms with Gasteiger partial charge in [0.1, 0.15) is 6.54 Å². The molecule has 0 aliphatic rings.